The van der Waals surface area contributed by atoms with Crippen molar-refractivity contribution in [1.29, 1.82) is 0 Å². The van der Waals surface area contributed by atoms with Gasteiger partial charge in [0.25, 0.3) is 0 Å². The third kappa shape index (κ3) is 9.66. The average Bonchev–Trinajstić information content (AvgIpc) is 2.99. The van der Waals surface area contributed by atoms with E-state index in [0.29, 0.717) is 17.9 Å². The number of hydrogen-bond donors (Lipinski definition) is 0. The Bertz CT molecular complexity index is 1100. The van der Waals surface area contributed by atoms with Crippen LogP contribution in [0.3, 0.4) is 0 Å². The summed E-state index contributed by atoms with van der Waals surface area (Å²) in [5.41, 5.74) is 0.633. The summed E-state index contributed by atoms with van der Waals surface area (Å²) in [5, 5.41) is 0. The first-order valence-electron chi connectivity index (χ1n) is 15.2. The smallest absolute Gasteiger partial charge is 0.318 e. The fraction of sp³-hybridized carbons (Fsp3) is 0.444. The van der Waals surface area contributed by atoms with Gasteiger partial charge in [0.05, 0.1) is 5.41 Å². The molecular formula is C36H46O4. The van der Waals surface area contributed by atoms with Crippen molar-refractivity contribution in [2.45, 2.75) is 96.8 Å². The van der Waals surface area contributed by atoms with E-state index in [9.17, 15) is 9.59 Å². The summed E-state index contributed by atoms with van der Waals surface area (Å²) in [5.74, 6) is 0.995. The molecule has 3 aromatic carbocycles. The zero-order valence-electron chi connectivity index (χ0n) is 24.4. The molecule has 1 unspecified atom stereocenters. The number of hydrogen-bond acceptors (Lipinski definition) is 4. The summed E-state index contributed by atoms with van der Waals surface area (Å²) in [6, 6.07) is 29.3. The molecule has 4 heteroatoms. The van der Waals surface area contributed by atoms with Crippen molar-refractivity contribution in [2.75, 3.05) is 0 Å². The highest BCUT2D eigenvalue weighted by Gasteiger charge is 2.46. The molecule has 0 fully saturated rings. The second kappa shape index (κ2) is 17.3. The van der Waals surface area contributed by atoms with Gasteiger partial charge in [-0.2, -0.15) is 0 Å². The van der Waals surface area contributed by atoms with Crippen LogP contribution in [0.1, 0.15) is 102 Å². The topological polar surface area (TPSA) is 52.6 Å². The zero-order valence-corrected chi connectivity index (χ0v) is 24.4. The lowest BCUT2D eigenvalue weighted by atomic mass is 9.64. The number of carbonyl (C=O) groups excluding carboxylic acids is 2. The molecule has 0 bridgehead atoms. The Balaban J connectivity index is 1.71. The molecule has 0 aliphatic rings. The van der Waals surface area contributed by atoms with Gasteiger partial charge in [0.1, 0.15) is 11.5 Å². The van der Waals surface area contributed by atoms with Crippen molar-refractivity contribution in [2.24, 2.45) is 5.41 Å². The lowest BCUT2D eigenvalue weighted by Gasteiger charge is -2.40. The van der Waals surface area contributed by atoms with Crippen LogP contribution in [0.15, 0.2) is 91.0 Å². The Morgan fingerprint density at radius 3 is 1.68 bits per heavy atom. The average molecular weight is 543 g/mol. The molecule has 3 rings (SSSR count). The third-order valence-corrected chi connectivity index (χ3v) is 7.78. The summed E-state index contributed by atoms with van der Waals surface area (Å²) < 4.78 is 11.5. The van der Waals surface area contributed by atoms with Crippen molar-refractivity contribution in [3.63, 3.8) is 0 Å². The fourth-order valence-corrected chi connectivity index (χ4v) is 5.59. The quantitative estimate of drug-likeness (QED) is 0.0912. The van der Waals surface area contributed by atoms with E-state index in [0.717, 1.165) is 70.6 Å². The molecule has 40 heavy (non-hydrogen) atoms. The highest BCUT2D eigenvalue weighted by Crippen LogP contribution is 2.48. The first-order chi connectivity index (χ1) is 19.6. The highest BCUT2D eigenvalue weighted by molar-refractivity contribution is 5.80. The van der Waals surface area contributed by atoms with Gasteiger partial charge in [-0.1, -0.05) is 126 Å². The van der Waals surface area contributed by atoms with Crippen molar-refractivity contribution in [3.05, 3.63) is 96.6 Å². The second-order valence-electron chi connectivity index (χ2n) is 10.8. The molecule has 0 N–H and O–H groups in total. The Hall–Kier alpha value is -3.40. The molecule has 1 atom stereocenters. The van der Waals surface area contributed by atoms with E-state index < -0.39 is 5.41 Å². The first kappa shape index (κ1) is 31.1. The molecule has 3 aromatic rings. The maximum Gasteiger partial charge on any atom is 0.318 e. The van der Waals surface area contributed by atoms with Gasteiger partial charge in [0.2, 0.25) is 0 Å². The Labute approximate surface area is 241 Å². The van der Waals surface area contributed by atoms with Gasteiger partial charge >= 0.3 is 11.9 Å². The second-order valence-corrected chi connectivity index (χ2v) is 10.8. The van der Waals surface area contributed by atoms with Crippen LogP contribution in [0.4, 0.5) is 0 Å². The number of benzene rings is 3. The number of ether oxygens (including phenoxy) is 2. The minimum atomic E-state index is -0.581. The predicted molar refractivity (Wildman–Crippen MR) is 163 cm³/mol. The van der Waals surface area contributed by atoms with Crippen LogP contribution in [0.5, 0.6) is 11.5 Å². The Morgan fingerprint density at radius 2 is 1.12 bits per heavy atom. The molecular weight excluding hydrogens is 496 g/mol. The van der Waals surface area contributed by atoms with Crippen molar-refractivity contribution >= 4 is 11.9 Å². The maximum atomic E-state index is 14.1. The van der Waals surface area contributed by atoms with Crippen molar-refractivity contribution < 1.29 is 19.1 Å². The standard InChI is InChI=1S/C36H46O4/c1-3-5-28-36(29-6-4-2,35(38)40-32-24-16-11-17-25-32)33(30-20-12-9-13-21-30)26-18-7-8-19-27-34(37)39-31-22-14-10-15-23-31/h9-17,20-25,33H,3-8,18-19,26-29H2,1-2H3. The third-order valence-electron chi connectivity index (χ3n) is 7.78. The van der Waals surface area contributed by atoms with Gasteiger partial charge in [-0.3, -0.25) is 9.59 Å². The van der Waals surface area contributed by atoms with Gasteiger partial charge in [-0.15, -0.1) is 0 Å². The van der Waals surface area contributed by atoms with Crippen molar-refractivity contribution in [1.82, 2.24) is 0 Å². The maximum absolute atomic E-state index is 14.1. The Kier molecular flexibility index (Phi) is 13.5. The van der Waals surface area contributed by atoms with Crippen LogP contribution in [-0.2, 0) is 9.59 Å². The highest BCUT2D eigenvalue weighted by atomic mass is 16.5. The van der Waals surface area contributed by atoms with Gasteiger partial charge in [0, 0.05) is 12.3 Å². The molecule has 0 aliphatic carbocycles. The zero-order chi connectivity index (χ0) is 28.5. The van der Waals surface area contributed by atoms with Gasteiger partial charge in [-0.25, -0.2) is 0 Å². The fourth-order valence-electron chi connectivity index (χ4n) is 5.59. The molecule has 214 valence electrons. The molecule has 0 spiro atoms. The normalized spacial score (nSPS) is 12.1. The molecule has 4 nitrogen and oxygen atoms in total. The van der Waals surface area contributed by atoms with E-state index in [1.165, 1.54) is 5.56 Å². The summed E-state index contributed by atoms with van der Waals surface area (Å²) in [6.07, 6.45) is 10.8. The number of carbonyl (C=O) groups is 2. The van der Waals surface area contributed by atoms with Crippen LogP contribution in [0.2, 0.25) is 0 Å². The molecule has 0 heterocycles. The lowest BCUT2D eigenvalue weighted by Crippen LogP contribution is -2.41. The van der Waals surface area contributed by atoms with Gasteiger partial charge in [-0.05, 0) is 55.5 Å². The van der Waals surface area contributed by atoms with Crippen LogP contribution in [0, 0.1) is 5.41 Å². The van der Waals surface area contributed by atoms with E-state index in [-0.39, 0.29) is 17.9 Å². The van der Waals surface area contributed by atoms with Crippen LogP contribution in [-0.4, -0.2) is 11.9 Å². The van der Waals surface area contributed by atoms with E-state index in [1.807, 2.05) is 54.6 Å². The number of unbranched alkanes of at least 4 members (excludes halogenated alkanes) is 5. The van der Waals surface area contributed by atoms with E-state index in [4.69, 9.17) is 9.47 Å². The number of rotatable bonds is 18. The number of esters is 2. The van der Waals surface area contributed by atoms with E-state index in [2.05, 4.69) is 38.1 Å². The predicted octanol–water partition coefficient (Wildman–Crippen LogP) is 9.69. The van der Waals surface area contributed by atoms with Gasteiger partial charge in [0.15, 0.2) is 0 Å². The monoisotopic (exact) mass is 542 g/mol. The van der Waals surface area contributed by atoms with Crippen LogP contribution in [0.25, 0.3) is 0 Å². The lowest BCUT2D eigenvalue weighted by molar-refractivity contribution is -0.149. The summed E-state index contributed by atoms with van der Waals surface area (Å²) in [6.45, 7) is 4.38. The summed E-state index contributed by atoms with van der Waals surface area (Å²) in [7, 11) is 0. The summed E-state index contributed by atoms with van der Waals surface area (Å²) >= 11 is 0. The first-order valence-corrected chi connectivity index (χ1v) is 15.2. The molecule has 0 amide bonds. The summed E-state index contributed by atoms with van der Waals surface area (Å²) in [4.78, 5) is 26.4. The number of para-hydroxylation sites is 2. The van der Waals surface area contributed by atoms with Crippen LogP contribution >= 0.6 is 0 Å². The molecule has 0 saturated heterocycles. The SMILES string of the molecule is CCCCC(CCCC)(C(=O)Oc1ccccc1)C(CCCCCCC(=O)Oc1ccccc1)c1ccccc1. The minimum Gasteiger partial charge on any atom is -0.427 e. The van der Waals surface area contributed by atoms with E-state index in [1.54, 1.807) is 12.1 Å². The van der Waals surface area contributed by atoms with E-state index >= 15 is 0 Å². The molecule has 0 saturated carbocycles. The molecule has 0 radical (unpaired) electrons. The largest absolute Gasteiger partial charge is 0.427 e. The van der Waals surface area contributed by atoms with Crippen molar-refractivity contribution in [3.8, 4) is 11.5 Å². The minimum absolute atomic E-state index is 0.0751. The van der Waals surface area contributed by atoms with Crippen LogP contribution < -0.4 is 9.47 Å². The molecule has 0 aromatic heterocycles. The Morgan fingerprint density at radius 1 is 0.625 bits per heavy atom. The molecule has 0 aliphatic heterocycles. The van der Waals surface area contributed by atoms with Gasteiger partial charge < -0.3 is 9.47 Å².